The molecule has 0 unspecified atom stereocenters. The molecule has 6 heteroatoms. The molecule has 222 valence electrons. The Hall–Kier alpha value is -3.41. The Bertz CT molecular complexity index is 1710. The molecule has 0 aromatic heterocycles. The quantitative estimate of drug-likeness (QED) is 0.159. The molecule has 0 aliphatic carbocycles. The first-order chi connectivity index (χ1) is 20.8. The van der Waals surface area contributed by atoms with Gasteiger partial charge in [-0.05, 0) is 110 Å². The second kappa shape index (κ2) is 10.1. The minimum atomic E-state index is -0.449. The Labute approximate surface area is 262 Å². The average molecular weight is 582 g/mol. The molecule has 4 nitrogen and oxygen atoms in total. The SMILES string of the molecule is CC1(C)OB(c2ccc3c(c2)c(-c2ccccc2)c(-c2ccccc2)c2cc(B4OC(C)(C)C(C)(C)O4)ccc23)OC1(C)C. The van der Waals surface area contributed by atoms with E-state index in [2.05, 4.69) is 152 Å². The smallest absolute Gasteiger partial charge is 0.399 e. The molecule has 0 radical (unpaired) electrons. The van der Waals surface area contributed by atoms with Crippen LogP contribution < -0.4 is 10.9 Å². The van der Waals surface area contributed by atoms with Gasteiger partial charge in [0.2, 0.25) is 0 Å². The van der Waals surface area contributed by atoms with Crippen LogP contribution in [0.3, 0.4) is 0 Å². The van der Waals surface area contributed by atoms with Gasteiger partial charge < -0.3 is 18.6 Å². The van der Waals surface area contributed by atoms with Crippen molar-refractivity contribution in [3.8, 4) is 22.3 Å². The lowest BCUT2D eigenvalue weighted by Gasteiger charge is -2.32. The third-order valence-corrected chi connectivity index (χ3v) is 10.3. The van der Waals surface area contributed by atoms with E-state index in [0.29, 0.717) is 0 Å². The Balaban J connectivity index is 1.52. The number of hydrogen-bond acceptors (Lipinski definition) is 4. The van der Waals surface area contributed by atoms with Crippen molar-refractivity contribution in [2.75, 3.05) is 0 Å². The number of fused-ring (bicyclic) bond motifs is 3. The van der Waals surface area contributed by atoms with Gasteiger partial charge in [-0.15, -0.1) is 0 Å². The van der Waals surface area contributed by atoms with Crippen LogP contribution in [0.2, 0.25) is 0 Å². The van der Waals surface area contributed by atoms with Gasteiger partial charge in [0.25, 0.3) is 0 Å². The Morgan fingerprint density at radius 2 is 0.705 bits per heavy atom. The van der Waals surface area contributed by atoms with Crippen molar-refractivity contribution in [3.05, 3.63) is 97.1 Å². The summed E-state index contributed by atoms with van der Waals surface area (Å²) in [6.07, 6.45) is 0. The summed E-state index contributed by atoms with van der Waals surface area (Å²) >= 11 is 0. The van der Waals surface area contributed by atoms with Gasteiger partial charge in [0.1, 0.15) is 0 Å². The van der Waals surface area contributed by atoms with E-state index < -0.39 is 36.6 Å². The highest BCUT2D eigenvalue weighted by Gasteiger charge is 2.53. The van der Waals surface area contributed by atoms with E-state index in [1.54, 1.807) is 0 Å². The highest BCUT2D eigenvalue weighted by molar-refractivity contribution is 6.63. The molecule has 0 amide bonds. The van der Waals surface area contributed by atoms with Crippen LogP contribution in [-0.4, -0.2) is 36.6 Å². The fourth-order valence-electron chi connectivity index (χ4n) is 6.34. The predicted octanol–water partition coefficient (Wildman–Crippen LogP) is 7.93. The first kappa shape index (κ1) is 29.3. The molecule has 0 saturated carbocycles. The number of rotatable bonds is 4. The first-order valence-electron chi connectivity index (χ1n) is 15.6. The molecule has 7 rings (SSSR count). The summed E-state index contributed by atoms with van der Waals surface area (Å²) < 4.78 is 26.0. The van der Waals surface area contributed by atoms with E-state index in [-0.39, 0.29) is 0 Å². The lowest BCUT2D eigenvalue weighted by molar-refractivity contribution is 0.00578. The topological polar surface area (TPSA) is 36.9 Å². The van der Waals surface area contributed by atoms with Crippen molar-refractivity contribution in [1.29, 1.82) is 0 Å². The van der Waals surface area contributed by atoms with Crippen molar-refractivity contribution in [1.82, 2.24) is 0 Å². The molecule has 2 aliphatic rings. The molecular formula is C38H40B2O4. The zero-order valence-corrected chi connectivity index (χ0v) is 27.0. The van der Waals surface area contributed by atoms with Gasteiger partial charge in [-0.2, -0.15) is 0 Å². The van der Waals surface area contributed by atoms with Crippen molar-refractivity contribution in [3.63, 3.8) is 0 Å². The molecule has 2 aliphatic heterocycles. The summed E-state index contributed by atoms with van der Waals surface area (Å²) in [5.74, 6) is 0. The highest BCUT2D eigenvalue weighted by Crippen LogP contribution is 2.45. The third-order valence-electron chi connectivity index (χ3n) is 10.3. The Kier molecular flexibility index (Phi) is 6.69. The normalized spacial score (nSPS) is 20.1. The van der Waals surface area contributed by atoms with Crippen LogP contribution in [0.15, 0.2) is 97.1 Å². The molecular weight excluding hydrogens is 542 g/mol. The third kappa shape index (κ3) is 4.62. The van der Waals surface area contributed by atoms with Crippen LogP contribution in [0, 0.1) is 0 Å². The van der Waals surface area contributed by atoms with Gasteiger partial charge in [0.05, 0.1) is 22.4 Å². The largest absolute Gasteiger partial charge is 0.494 e. The minimum Gasteiger partial charge on any atom is -0.399 e. The molecule has 5 aromatic carbocycles. The summed E-state index contributed by atoms with van der Waals surface area (Å²) in [6, 6.07) is 34.7. The van der Waals surface area contributed by atoms with Gasteiger partial charge in [0, 0.05) is 0 Å². The summed E-state index contributed by atoms with van der Waals surface area (Å²) in [6.45, 7) is 16.8. The summed E-state index contributed by atoms with van der Waals surface area (Å²) in [7, 11) is -0.899. The molecule has 0 bridgehead atoms. The standard InChI is InChI=1S/C38H40B2O4/c1-35(2)36(3,4)42-39(41-35)27-19-21-29-30-22-20-28(40-43-37(5,6)38(7,8)44-40)24-32(30)34(26-17-13-10-14-18-26)33(31(29)23-27)25-15-11-9-12-16-25/h9-24H,1-8H3. The summed E-state index contributed by atoms with van der Waals surface area (Å²) in [5, 5.41) is 4.69. The van der Waals surface area contributed by atoms with E-state index in [4.69, 9.17) is 18.6 Å². The van der Waals surface area contributed by atoms with Gasteiger partial charge >= 0.3 is 14.2 Å². The fraction of sp³-hybridized carbons (Fsp3) is 0.316. The van der Waals surface area contributed by atoms with Crippen molar-refractivity contribution in [2.24, 2.45) is 0 Å². The molecule has 0 spiro atoms. The summed E-state index contributed by atoms with van der Waals surface area (Å²) in [4.78, 5) is 0. The molecule has 44 heavy (non-hydrogen) atoms. The maximum absolute atomic E-state index is 6.50. The van der Waals surface area contributed by atoms with E-state index in [1.165, 1.54) is 21.9 Å². The van der Waals surface area contributed by atoms with Gasteiger partial charge in [-0.3, -0.25) is 0 Å². The van der Waals surface area contributed by atoms with E-state index in [9.17, 15) is 0 Å². The van der Waals surface area contributed by atoms with Crippen LogP contribution in [-0.2, 0) is 18.6 Å². The van der Waals surface area contributed by atoms with E-state index >= 15 is 0 Å². The summed E-state index contributed by atoms with van der Waals surface area (Å²) in [5.41, 5.74) is 5.04. The van der Waals surface area contributed by atoms with Gasteiger partial charge in [-0.1, -0.05) is 97.1 Å². The van der Waals surface area contributed by atoms with E-state index in [1.807, 2.05) is 0 Å². The molecule has 2 heterocycles. The monoisotopic (exact) mass is 582 g/mol. The van der Waals surface area contributed by atoms with E-state index in [0.717, 1.165) is 32.8 Å². The second-order valence-electron chi connectivity index (χ2n) is 14.3. The van der Waals surface area contributed by atoms with Crippen molar-refractivity contribution >= 4 is 46.7 Å². The molecule has 2 saturated heterocycles. The van der Waals surface area contributed by atoms with Crippen LogP contribution in [0.4, 0.5) is 0 Å². The second-order valence-corrected chi connectivity index (χ2v) is 14.3. The molecule has 2 fully saturated rings. The first-order valence-corrected chi connectivity index (χ1v) is 15.6. The highest BCUT2D eigenvalue weighted by atomic mass is 16.7. The minimum absolute atomic E-state index is 0.419. The maximum atomic E-state index is 6.50. The van der Waals surface area contributed by atoms with Gasteiger partial charge in [-0.25, -0.2) is 0 Å². The zero-order chi connectivity index (χ0) is 31.1. The lowest BCUT2D eigenvalue weighted by atomic mass is 9.74. The average Bonchev–Trinajstić information content (AvgIpc) is 3.36. The van der Waals surface area contributed by atoms with Crippen molar-refractivity contribution in [2.45, 2.75) is 77.8 Å². The van der Waals surface area contributed by atoms with Crippen LogP contribution in [0.5, 0.6) is 0 Å². The zero-order valence-electron chi connectivity index (χ0n) is 27.0. The fourth-order valence-corrected chi connectivity index (χ4v) is 6.34. The van der Waals surface area contributed by atoms with Gasteiger partial charge in [0.15, 0.2) is 0 Å². The van der Waals surface area contributed by atoms with Crippen molar-refractivity contribution < 1.29 is 18.6 Å². The molecule has 0 N–H and O–H groups in total. The van der Waals surface area contributed by atoms with Crippen LogP contribution in [0.25, 0.3) is 43.8 Å². The number of benzene rings is 5. The number of hydrogen-bond donors (Lipinski definition) is 0. The predicted molar refractivity (Wildman–Crippen MR) is 184 cm³/mol. The molecule has 0 atom stereocenters. The Morgan fingerprint density at radius 3 is 1.02 bits per heavy atom. The van der Waals surface area contributed by atoms with Crippen LogP contribution >= 0.6 is 0 Å². The molecule has 5 aromatic rings. The van der Waals surface area contributed by atoms with Crippen LogP contribution in [0.1, 0.15) is 55.4 Å². The Morgan fingerprint density at radius 1 is 0.386 bits per heavy atom. The maximum Gasteiger partial charge on any atom is 0.494 e. The lowest BCUT2D eigenvalue weighted by Crippen LogP contribution is -2.41.